The van der Waals surface area contributed by atoms with Gasteiger partial charge in [0, 0.05) is 0 Å². The highest BCUT2D eigenvalue weighted by atomic mass is 16.5. The van der Waals surface area contributed by atoms with Crippen molar-refractivity contribution in [3.63, 3.8) is 0 Å². The van der Waals surface area contributed by atoms with Gasteiger partial charge in [0.05, 0.1) is 24.7 Å². The van der Waals surface area contributed by atoms with Crippen LogP contribution in [0, 0.1) is 0 Å². The number of aromatic nitrogens is 2. The van der Waals surface area contributed by atoms with Gasteiger partial charge >= 0.3 is 0 Å². The Morgan fingerprint density at radius 2 is 1.78 bits per heavy atom. The molecule has 1 aromatic carbocycles. The summed E-state index contributed by atoms with van der Waals surface area (Å²) in [5.74, 6) is 1.19. The van der Waals surface area contributed by atoms with Crippen molar-refractivity contribution in [2.24, 2.45) is 0 Å². The minimum absolute atomic E-state index is 0.148. The van der Waals surface area contributed by atoms with E-state index < -0.39 is 0 Å². The summed E-state index contributed by atoms with van der Waals surface area (Å²) in [4.78, 5) is 7.95. The quantitative estimate of drug-likeness (QED) is 0.781. The van der Waals surface area contributed by atoms with E-state index in [9.17, 15) is 0 Å². The largest absolute Gasteiger partial charge is 0.490 e. The normalized spacial score (nSPS) is 10.1. The van der Waals surface area contributed by atoms with Crippen molar-refractivity contribution in [3.8, 4) is 11.6 Å². The first-order valence-corrected chi connectivity index (χ1v) is 5.61. The van der Waals surface area contributed by atoms with E-state index in [0.717, 1.165) is 5.75 Å². The van der Waals surface area contributed by atoms with Gasteiger partial charge in [-0.15, -0.1) is 0 Å². The molecule has 0 fully saturated rings. The lowest BCUT2D eigenvalue weighted by Crippen LogP contribution is -2.10. The Morgan fingerprint density at radius 3 is 2.56 bits per heavy atom. The number of hydrogen-bond acceptors (Lipinski definition) is 5. The Balaban J connectivity index is 1.75. The maximum absolute atomic E-state index is 8.90. The van der Waals surface area contributed by atoms with Crippen molar-refractivity contribution in [3.05, 3.63) is 48.4 Å². The zero-order valence-corrected chi connectivity index (χ0v) is 9.82. The van der Waals surface area contributed by atoms with E-state index in [-0.39, 0.29) is 6.61 Å². The van der Waals surface area contributed by atoms with Crippen molar-refractivity contribution in [2.75, 3.05) is 13.2 Å². The van der Waals surface area contributed by atoms with Crippen LogP contribution in [-0.4, -0.2) is 28.3 Å². The Bertz CT molecular complexity index is 477. The van der Waals surface area contributed by atoms with Crippen molar-refractivity contribution in [1.29, 1.82) is 0 Å². The minimum atomic E-state index is -0.148. The van der Waals surface area contributed by atoms with Gasteiger partial charge in [-0.05, 0) is 12.1 Å². The van der Waals surface area contributed by atoms with Gasteiger partial charge in [0.2, 0.25) is 5.88 Å². The Hall–Kier alpha value is -2.14. The first kappa shape index (κ1) is 12.3. The fraction of sp³-hybridized carbons (Fsp3) is 0.231. The lowest BCUT2D eigenvalue weighted by Gasteiger charge is -2.07. The summed E-state index contributed by atoms with van der Waals surface area (Å²) in [7, 11) is 0. The first-order valence-electron chi connectivity index (χ1n) is 5.61. The molecule has 0 amide bonds. The number of ether oxygens (including phenoxy) is 2. The van der Waals surface area contributed by atoms with E-state index >= 15 is 0 Å². The molecule has 0 aliphatic carbocycles. The second-order valence-electron chi connectivity index (χ2n) is 3.52. The maximum Gasteiger partial charge on any atom is 0.232 e. The summed E-state index contributed by atoms with van der Waals surface area (Å²) >= 11 is 0. The van der Waals surface area contributed by atoms with Gasteiger partial charge in [0.25, 0.3) is 0 Å². The molecule has 0 unspecified atom stereocenters. The van der Waals surface area contributed by atoms with Gasteiger partial charge in [-0.2, -0.15) is 0 Å². The number of benzene rings is 1. The summed E-state index contributed by atoms with van der Waals surface area (Å²) < 4.78 is 10.8. The number of aliphatic hydroxyl groups is 1. The van der Waals surface area contributed by atoms with Gasteiger partial charge in [-0.1, -0.05) is 18.2 Å². The van der Waals surface area contributed by atoms with Crippen LogP contribution >= 0.6 is 0 Å². The molecule has 1 aromatic heterocycles. The smallest absolute Gasteiger partial charge is 0.232 e. The average Bonchev–Trinajstić information content (AvgIpc) is 2.45. The van der Waals surface area contributed by atoms with Gasteiger partial charge < -0.3 is 14.6 Å². The fourth-order valence-corrected chi connectivity index (χ4v) is 1.35. The highest BCUT2D eigenvalue weighted by Gasteiger charge is 1.99. The van der Waals surface area contributed by atoms with Crippen molar-refractivity contribution < 1.29 is 14.6 Å². The summed E-state index contributed by atoms with van der Waals surface area (Å²) in [6.07, 6.45) is 3.00. The summed E-state index contributed by atoms with van der Waals surface area (Å²) in [5.41, 5.74) is 0.483. The first-order chi connectivity index (χ1) is 8.88. The lowest BCUT2D eigenvalue weighted by atomic mass is 10.3. The van der Waals surface area contributed by atoms with Crippen molar-refractivity contribution in [2.45, 2.75) is 6.61 Å². The molecule has 1 N–H and O–H groups in total. The van der Waals surface area contributed by atoms with Gasteiger partial charge in [0.15, 0.2) is 0 Å². The molecule has 0 saturated carbocycles. The summed E-state index contributed by atoms with van der Waals surface area (Å²) in [6.45, 7) is 0.651. The van der Waals surface area contributed by atoms with Crippen LogP contribution in [0.15, 0.2) is 42.7 Å². The van der Waals surface area contributed by atoms with Crippen LogP contribution in [0.4, 0.5) is 0 Å². The van der Waals surface area contributed by atoms with E-state index in [2.05, 4.69) is 9.97 Å². The standard InChI is InChI=1S/C13H14N2O3/c16-10-11-8-14-9-13(15-11)18-7-6-17-12-4-2-1-3-5-12/h1-5,8-9,16H,6-7,10H2. The number of aliphatic hydroxyl groups excluding tert-OH is 1. The molecular formula is C13H14N2O3. The lowest BCUT2D eigenvalue weighted by molar-refractivity contribution is 0.209. The van der Waals surface area contributed by atoms with Crippen LogP contribution in [-0.2, 0) is 6.61 Å². The molecule has 0 aliphatic heterocycles. The van der Waals surface area contributed by atoms with E-state index in [1.165, 1.54) is 12.4 Å². The van der Waals surface area contributed by atoms with Gasteiger partial charge in [-0.3, -0.25) is 4.98 Å². The molecule has 18 heavy (non-hydrogen) atoms. The summed E-state index contributed by atoms with van der Waals surface area (Å²) in [6, 6.07) is 9.51. The SMILES string of the molecule is OCc1cncc(OCCOc2ccccc2)n1. The monoisotopic (exact) mass is 246 g/mol. The maximum atomic E-state index is 8.90. The molecule has 2 aromatic rings. The van der Waals surface area contributed by atoms with Crippen LogP contribution in [0.5, 0.6) is 11.6 Å². The van der Waals surface area contributed by atoms with Gasteiger partial charge in [0.1, 0.15) is 19.0 Å². The van der Waals surface area contributed by atoms with E-state index in [1.54, 1.807) is 0 Å². The molecular weight excluding hydrogens is 232 g/mol. The highest BCUT2D eigenvalue weighted by molar-refractivity contribution is 5.20. The summed E-state index contributed by atoms with van der Waals surface area (Å²) in [5, 5.41) is 8.90. The molecule has 5 nitrogen and oxygen atoms in total. The van der Waals surface area contributed by atoms with E-state index in [1.807, 2.05) is 30.3 Å². The van der Waals surface area contributed by atoms with Crippen LogP contribution in [0.1, 0.15) is 5.69 Å². The fourth-order valence-electron chi connectivity index (χ4n) is 1.35. The number of hydrogen-bond donors (Lipinski definition) is 1. The van der Waals surface area contributed by atoms with Crippen LogP contribution in [0.3, 0.4) is 0 Å². The Morgan fingerprint density at radius 1 is 1.00 bits per heavy atom. The third-order valence-corrected chi connectivity index (χ3v) is 2.17. The second kappa shape index (κ2) is 6.56. The zero-order valence-electron chi connectivity index (χ0n) is 9.82. The number of nitrogens with zero attached hydrogens (tertiary/aromatic N) is 2. The predicted octanol–water partition coefficient (Wildman–Crippen LogP) is 1.43. The van der Waals surface area contributed by atoms with Gasteiger partial charge in [-0.25, -0.2) is 4.98 Å². The number of rotatable bonds is 6. The molecule has 0 aliphatic rings. The highest BCUT2D eigenvalue weighted by Crippen LogP contribution is 2.08. The predicted molar refractivity (Wildman–Crippen MR) is 65.4 cm³/mol. The molecule has 0 spiro atoms. The molecule has 5 heteroatoms. The molecule has 0 saturated heterocycles. The van der Waals surface area contributed by atoms with Crippen LogP contribution in [0.2, 0.25) is 0 Å². The molecule has 0 radical (unpaired) electrons. The molecule has 0 atom stereocenters. The van der Waals surface area contributed by atoms with Crippen molar-refractivity contribution >= 4 is 0 Å². The van der Waals surface area contributed by atoms with E-state index in [0.29, 0.717) is 24.8 Å². The van der Waals surface area contributed by atoms with E-state index in [4.69, 9.17) is 14.6 Å². The molecule has 1 heterocycles. The Labute approximate surface area is 105 Å². The second-order valence-corrected chi connectivity index (χ2v) is 3.52. The van der Waals surface area contributed by atoms with Crippen LogP contribution in [0.25, 0.3) is 0 Å². The third kappa shape index (κ3) is 3.71. The van der Waals surface area contributed by atoms with Crippen molar-refractivity contribution in [1.82, 2.24) is 9.97 Å². The molecule has 94 valence electrons. The average molecular weight is 246 g/mol. The molecule has 2 rings (SSSR count). The number of para-hydroxylation sites is 1. The third-order valence-electron chi connectivity index (χ3n) is 2.17. The molecule has 0 bridgehead atoms. The zero-order chi connectivity index (χ0) is 12.6. The van der Waals surface area contributed by atoms with Crippen LogP contribution < -0.4 is 9.47 Å². The minimum Gasteiger partial charge on any atom is -0.490 e. The Kier molecular flexibility index (Phi) is 4.49. The topological polar surface area (TPSA) is 64.5 Å².